The molecule has 5 heterocycles. The molecule has 8 heteroatoms. The van der Waals surface area contributed by atoms with Crippen LogP contribution in [0.2, 0.25) is 0 Å². The van der Waals surface area contributed by atoms with Crippen molar-refractivity contribution in [3.63, 3.8) is 0 Å². The molecule has 0 unspecified atom stereocenters. The van der Waals surface area contributed by atoms with E-state index in [0.29, 0.717) is 38.8 Å². The predicted molar refractivity (Wildman–Crippen MR) is 94.0 cm³/mol. The van der Waals surface area contributed by atoms with Gasteiger partial charge < -0.3 is 4.74 Å². The van der Waals surface area contributed by atoms with Crippen molar-refractivity contribution >= 4 is 10.2 Å². The molecule has 0 aliphatic carbocycles. The molecule has 1 aromatic heterocycles. The third-order valence-electron chi connectivity index (χ3n) is 5.44. The van der Waals surface area contributed by atoms with Crippen molar-refractivity contribution in [2.24, 2.45) is 5.92 Å². The Morgan fingerprint density at radius 2 is 1.96 bits per heavy atom. The molecule has 0 spiro atoms. The van der Waals surface area contributed by atoms with Gasteiger partial charge in [-0.1, -0.05) is 6.07 Å². The van der Waals surface area contributed by atoms with E-state index in [-0.39, 0.29) is 6.04 Å². The van der Waals surface area contributed by atoms with Gasteiger partial charge in [-0.15, -0.1) is 0 Å². The van der Waals surface area contributed by atoms with E-state index in [1.807, 2.05) is 24.4 Å². The van der Waals surface area contributed by atoms with E-state index in [1.54, 1.807) is 8.61 Å². The number of rotatable bonds is 4. The highest BCUT2D eigenvalue weighted by molar-refractivity contribution is 7.86. The molecule has 25 heavy (non-hydrogen) atoms. The fraction of sp³-hybridized carbons (Fsp3) is 0.706. The first kappa shape index (κ1) is 17.4. The fourth-order valence-electron chi connectivity index (χ4n) is 4.19. The zero-order valence-corrected chi connectivity index (χ0v) is 15.3. The van der Waals surface area contributed by atoms with Gasteiger partial charge in [-0.25, -0.2) is 0 Å². The van der Waals surface area contributed by atoms with Crippen molar-refractivity contribution in [3.05, 3.63) is 30.1 Å². The van der Waals surface area contributed by atoms with Gasteiger partial charge in [-0.05, 0) is 30.9 Å². The van der Waals surface area contributed by atoms with Crippen LogP contribution < -0.4 is 0 Å². The first-order valence-electron chi connectivity index (χ1n) is 9.10. The molecule has 0 radical (unpaired) electrons. The molecule has 0 N–H and O–H groups in total. The molecular weight excluding hydrogens is 340 g/mol. The molecule has 4 fully saturated rings. The number of hydrogen-bond donors (Lipinski definition) is 0. The van der Waals surface area contributed by atoms with E-state index in [0.717, 1.165) is 38.2 Å². The molecule has 7 nitrogen and oxygen atoms in total. The monoisotopic (exact) mass is 366 g/mol. The molecule has 0 saturated carbocycles. The minimum Gasteiger partial charge on any atom is -0.379 e. The van der Waals surface area contributed by atoms with Gasteiger partial charge in [-0.2, -0.15) is 17.0 Å². The average molecular weight is 366 g/mol. The van der Waals surface area contributed by atoms with Crippen LogP contribution in [-0.2, 0) is 21.5 Å². The molecule has 4 aliphatic heterocycles. The molecule has 4 saturated heterocycles. The van der Waals surface area contributed by atoms with Gasteiger partial charge in [0.2, 0.25) is 0 Å². The lowest BCUT2D eigenvalue weighted by molar-refractivity contribution is 0.0677. The lowest BCUT2D eigenvalue weighted by Gasteiger charge is -2.39. The molecule has 0 aromatic carbocycles. The van der Waals surface area contributed by atoms with Crippen molar-refractivity contribution in [1.82, 2.24) is 18.5 Å². The predicted octanol–water partition coefficient (Wildman–Crippen LogP) is 0.555. The van der Waals surface area contributed by atoms with Crippen molar-refractivity contribution in [2.75, 3.05) is 45.9 Å². The van der Waals surface area contributed by atoms with E-state index in [4.69, 9.17) is 4.74 Å². The molecular formula is C17H26N4O3S. The number of fused-ring (bicyclic) bond motifs is 4. The Balaban J connectivity index is 1.49. The van der Waals surface area contributed by atoms with Crippen molar-refractivity contribution in [3.8, 4) is 0 Å². The summed E-state index contributed by atoms with van der Waals surface area (Å²) in [6, 6.07) is 6.03. The Hall–Kier alpha value is -1.06. The van der Waals surface area contributed by atoms with Crippen LogP contribution in [0.15, 0.2) is 24.4 Å². The number of hydrogen-bond acceptors (Lipinski definition) is 5. The van der Waals surface area contributed by atoms with Crippen LogP contribution in [0, 0.1) is 5.92 Å². The minimum absolute atomic E-state index is 0.0651. The summed E-state index contributed by atoms with van der Waals surface area (Å²) in [6.07, 6.45) is 3.88. The largest absolute Gasteiger partial charge is 0.379 e. The van der Waals surface area contributed by atoms with Crippen molar-refractivity contribution in [1.29, 1.82) is 0 Å². The molecule has 5 rings (SSSR count). The third kappa shape index (κ3) is 3.73. The van der Waals surface area contributed by atoms with Crippen LogP contribution in [0.3, 0.4) is 0 Å². The van der Waals surface area contributed by atoms with Gasteiger partial charge in [0, 0.05) is 51.5 Å². The third-order valence-corrected chi connectivity index (χ3v) is 7.50. The summed E-state index contributed by atoms with van der Waals surface area (Å²) in [5.74, 6) is 0.401. The van der Waals surface area contributed by atoms with Gasteiger partial charge in [0.05, 0.1) is 18.9 Å². The second-order valence-corrected chi connectivity index (χ2v) is 9.08. The van der Waals surface area contributed by atoms with E-state index in [2.05, 4.69) is 9.88 Å². The SMILES string of the molecule is O=S(=O)(N1CCOCC1)N1C[C@H]2CC[C@@H]1CN(Cc1ccccn1)C2. The number of pyridine rings is 1. The van der Waals surface area contributed by atoms with Crippen molar-refractivity contribution < 1.29 is 13.2 Å². The fourth-order valence-corrected chi connectivity index (χ4v) is 6.05. The Morgan fingerprint density at radius 3 is 2.72 bits per heavy atom. The quantitative estimate of drug-likeness (QED) is 0.779. The van der Waals surface area contributed by atoms with Crippen LogP contribution in [0.1, 0.15) is 18.5 Å². The number of piperidine rings is 1. The van der Waals surface area contributed by atoms with E-state index < -0.39 is 10.2 Å². The van der Waals surface area contributed by atoms with Gasteiger partial charge >= 0.3 is 0 Å². The maximum Gasteiger partial charge on any atom is 0.282 e. The van der Waals surface area contributed by atoms with Crippen LogP contribution in [-0.4, -0.2) is 78.9 Å². The maximum atomic E-state index is 13.1. The summed E-state index contributed by atoms with van der Waals surface area (Å²) in [5, 5.41) is 0. The Kier molecular flexibility index (Phi) is 5.06. The molecule has 4 aliphatic rings. The van der Waals surface area contributed by atoms with Gasteiger partial charge in [0.25, 0.3) is 10.2 Å². The smallest absolute Gasteiger partial charge is 0.282 e. The summed E-state index contributed by atoms with van der Waals surface area (Å²) < 4.78 is 34.9. The Bertz CT molecular complexity index is 678. The number of nitrogens with zero attached hydrogens (tertiary/aromatic N) is 4. The molecule has 2 atom stereocenters. The highest BCUT2D eigenvalue weighted by Crippen LogP contribution is 2.31. The van der Waals surface area contributed by atoms with Crippen molar-refractivity contribution in [2.45, 2.75) is 25.4 Å². The maximum absolute atomic E-state index is 13.1. The topological polar surface area (TPSA) is 66.0 Å². The second-order valence-electron chi connectivity index (χ2n) is 7.20. The number of aromatic nitrogens is 1. The van der Waals surface area contributed by atoms with Gasteiger partial charge in [-0.3, -0.25) is 9.88 Å². The lowest BCUT2D eigenvalue weighted by Crippen LogP contribution is -2.55. The van der Waals surface area contributed by atoms with Crippen LogP contribution in [0.5, 0.6) is 0 Å². The summed E-state index contributed by atoms with van der Waals surface area (Å²) in [7, 11) is -3.39. The highest BCUT2D eigenvalue weighted by atomic mass is 32.2. The first-order chi connectivity index (χ1) is 12.1. The van der Waals surface area contributed by atoms with Crippen LogP contribution in [0.4, 0.5) is 0 Å². The average Bonchev–Trinajstić information content (AvgIpc) is 2.94. The molecule has 138 valence electrons. The number of morpholine rings is 1. The van der Waals surface area contributed by atoms with Crippen LogP contribution >= 0.6 is 0 Å². The summed E-state index contributed by atoms with van der Waals surface area (Å²) >= 11 is 0. The van der Waals surface area contributed by atoms with E-state index in [1.165, 1.54) is 0 Å². The summed E-state index contributed by atoms with van der Waals surface area (Å²) in [5.41, 5.74) is 1.05. The summed E-state index contributed by atoms with van der Waals surface area (Å²) in [6.45, 7) is 5.09. The van der Waals surface area contributed by atoms with Gasteiger partial charge in [0.15, 0.2) is 0 Å². The van der Waals surface area contributed by atoms with E-state index in [9.17, 15) is 8.42 Å². The van der Waals surface area contributed by atoms with Crippen LogP contribution in [0.25, 0.3) is 0 Å². The summed E-state index contributed by atoms with van der Waals surface area (Å²) in [4.78, 5) is 6.79. The minimum atomic E-state index is -3.39. The lowest BCUT2D eigenvalue weighted by atomic mass is 9.97. The first-order valence-corrected chi connectivity index (χ1v) is 10.5. The van der Waals surface area contributed by atoms with Gasteiger partial charge in [0.1, 0.15) is 0 Å². The normalized spacial score (nSPS) is 29.6. The zero-order valence-electron chi connectivity index (χ0n) is 14.5. The Labute approximate surface area is 149 Å². The second kappa shape index (κ2) is 7.28. The highest BCUT2D eigenvalue weighted by Gasteiger charge is 2.43. The zero-order chi connectivity index (χ0) is 17.3. The van der Waals surface area contributed by atoms with E-state index >= 15 is 0 Å². The Morgan fingerprint density at radius 1 is 1.12 bits per heavy atom. The molecule has 1 aromatic rings. The standard InChI is InChI=1S/C17H26N4O3S/c22-25(23,20-7-9-24-10-8-20)21-12-15-4-5-17(21)14-19(11-15)13-16-3-1-2-6-18-16/h1-3,6,15,17H,4-5,7-14H2/t15-,17+/m0/s1. The number of ether oxygens (including phenoxy) is 1. The molecule has 2 bridgehead atoms. The molecule has 0 amide bonds.